The summed E-state index contributed by atoms with van der Waals surface area (Å²) < 4.78 is 0.861. The molecule has 0 aliphatic carbocycles. The number of halogens is 2. The zero-order valence-electron chi connectivity index (χ0n) is 11.8. The van der Waals surface area contributed by atoms with Crippen LogP contribution in [0.2, 0.25) is 5.02 Å². The topological polar surface area (TPSA) is 54.9 Å². The summed E-state index contributed by atoms with van der Waals surface area (Å²) in [6.07, 6.45) is 1.83. The molecule has 116 valence electrons. The van der Waals surface area contributed by atoms with Crippen molar-refractivity contribution in [3.63, 3.8) is 0 Å². The predicted octanol–water partition coefficient (Wildman–Crippen LogP) is 4.80. The van der Waals surface area contributed by atoms with Gasteiger partial charge in [0.15, 0.2) is 0 Å². The van der Waals surface area contributed by atoms with Gasteiger partial charge in [0, 0.05) is 21.6 Å². The summed E-state index contributed by atoms with van der Waals surface area (Å²) >= 11 is 10.9. The second-order valence-corrected chi connectivity index (χ2v) is 6.89. The van der Waals surface area contributed by atoms with E-state index in [4.69, 9.17) is 11.6 Å². The molecule has 23 heavy (non-hydrogen) atoms. The molecule has 2 heterocycles. The van der Waals surface area contributed by atoms with E-state index in [0.29, 0.717) is 16.5 Å². The molecule has 0 bridgehead atoms. The van der Waals surface area contributed by atoms with Crippen molar-refractivity contribution in [2.24, 2.45) is 0 Å². The lowest BCUT2D eigenvalue weighted by Gasteiger charge is -2.03. The standard InChI is InChI=1S/C16H11BrClN3OS/c17-10-5-6-14(19-8-10)21-15(22)7-11-9-23-16(20-11)12-3-1-2-4-13(12)18/h1-6,8-9H,7H2,(H,19,21,22). The number of aromatic nitrogens is 2. The van der Waals surface area contributed by atoms with Crippen LogP contribution in [0.5, 0.6) is 0 Å². The Morgan fingerprint density at radius 2 is 2.09 bits per heavy atom. The summed E-state index contributed by atoms with van der Waals surface area (Å²) in [7, 11) is 0. The average molecular weight is 409 g/mol. The Labute approximate surface area is 150 Å². The molecule has 3 rings (SSSR count). The second-order valence-electron chi connectivity index (χ2n) is 4.71. The van der Waals surface area contributed by atoms with Gasteiger partial charge in [-0.25, -0.2) is 9.97 Å². The third kappa shape index (κ3) is 4.16. The van der Waals surface area contributed by atoms with E-state index in [1.54, 1.807) is 12.3 Å². The second kappa shape index (κ2) is 7.21. The Morgan fingerprint density at radius 1 is 1.26 bits per heavy atom. The summed E-state index contributed by atoms with van der Waals surface area (Å²) in [6.45, 7) is 0. The number of hydrogen-bond donors (Lipinski definition) is 1. The first-order valence-electron chi connectivity index (χ1n) is 6.72. The van der Waals surface area contributed by atoms with Crippen LogP contribution in [0.3, 0.4) is 0 Å². The molecule has 7 heteroatoms. The van der Waals surface area contributed by atoms with Gasteiger partial charge in [0.05, 0.1) is 17.1 Å². The van der Waals surface area contributed by atoms with E-state index in [1.807, 2.05) is 35.7 Å². The average Bonchev–Trinajstić information content (AvgIpc) is 2.98. The van der Waals surface area contributed by atoms with Crippen LogP contribution >= 0.6 is 38.9 Å². The molecule has 0 aliphatic rings. The van der Waals surface area contributed by atoms with Gasteiger partial charge in [-0.15, -0.1) is 11.3 Å². The Hall–Kier alpha value is -1.76. The number of thiazole rings is 1. The number of hydrogen-bond acceptors (Lipinski definition) is 4. The lowest BCUT2D eigenvalue weighted by molar-refractivity contribution is -0.115. The number of amides is 1. The van der Waals surface area contributed by atoms with Gasteiger partial charge in [0.1, 0.15) is 10.8 Å². The highest BCUT2D eigenvalue weighted by Gasteiger charge is 2.11. The summed E-state index contributed by atoms with van der Waals surface area (Å²) in [4.78, 5) is 20.6. The van der Waals surface area contributed by atoms with Crippen molar-refractivity contribution in [3.8, 4) is 10.6 Å². The molecule has 0 saturated carbocycles. The molecule has 1 amide bonds. The van der Waals surface area contributed by atoms with E-state index >= 15 is 0 Å². The summed E-state index contributed by atoms with van der Waals surface area (Å²) in [5.41, 5.74) is 1.58. The molecule has 0 unspecified atom stereocenters. The minimum atomic E-state index is -0.157. The van der Waals surface area contributed by atoms with Crippen molar-refractivity contribution in [2.75, 3.05) is 5.32 Å². The number of rotatable bonds is 4. The van der Waals surface area contributed by atoms with Crippen LogP contribution < -0.4 is 5.32 Å². The molecule has 0 radical (unpaired) electrons. The maximum Gasteiger partial charge on any atom is 0.231 e. The fourth-order valence-electron chi connectivity index (χ4n) is 1.95. The lowest BCUT2D eigenvalue weighted by Crippen LogP contribution is -2.15. The number of pyridine rings is 1. The largest absolute Gasteiger partial charge is 0.310 e. The summed E-state index contributed by atoms with van der Waals surface area (Å²) in [6, 6.07) is 11.1. The fourth-order valence-corrected chi connectivity index (χ4v) is 3.32. The molecule has 0 atom stereocenters. The van der Waals surface area contributed by atoms with Gasteiger partial charge in [0.25, 0.3) is 0 Å². The van der Waals surface area contributed by atoms with Crippen molar-refractivity contribution >= 4 is 50.6 Å². The fraction of sp³-hybridized carbons (Fsp3) is 0.0625. The molecule has 1 N–H and O–H groups in total. The van der Waals surface area contributed by atoms with Crippen LogP contribution in [0.4, 0.5) is 5.82 Å². The predicted molar refractivity (Wildman–Crippen MR) is 96.8 cm³/mol. The molecule has 3 aromatic rings. The maximum atomic E-state index is 12.1. The van der Waals surface area contributed by atoms with E-state index in [-0.39, 0.29) is 12.3 Å². The van der Waals surface area contributed by atoms with Gasteiger partial charge >= 0.3 is 0 Å². The van der Waals surface area contributed by atoms with E-state index in [9.17, 15) is 4.79 Å². The highest BCUT2D eigenvalue weighted by Crippen LogP contribution is 2.30. The number of carbonyl (C=O) groups excluding carboxylic acids is 1. The molecule has 0 saturated heterocycles. The maximum absolute atomic E-state index is 12.1. The molecule has 0 spiro atoms. The molecule has 2 aromatic heterocycles. The quantitative estimate of drug-likeness (QED) is 0.674. The van der Waals surface area contributed by atoms with Gasteiger partial charge in [-0.3, -0.25) is 4.79 Å². The Bertz CT molecular complexity index is 835. The van der Waals surface area contributed by atoms with Gasteiger partial charge < -0.3 is 5.32 Å². The Balaban J connectivity index is 1.68. The monoisotopic (exact) mass is 407 g/mol. The summed E-state index contributed by atoms with van der Waals surface area (Å²) in [5.74, 6) is 0.357. The van der Waals surface area contributed by atoms with Crippen LogP contribution in [-0.4, -0.2) is 15.9 Å². The van der Waals surface area contributed by atoms with Crippen LogP contribution in [-0.2, 0) is 11.2 Å². The highest BCUT2D eigenvalue weighted by atomic mass is 79.9. The van der Waals surface area contributed by atoms with Crippen molar-refractivity contribution in [1.29, 1.82) is 0 Å². The first kappa shape index (κ1) is 16.1. The number of nitrogens with one attached hydrogen (secondary N) is 1. The third-order valence-electron chi connectivity index (χ3n) is 2.99. The highest BCUT2D eigenvalue weighted by molar-refractivity contribution is 9.10. The first-order chi connectivity index (χ1) is 11.1. The lowest BCUT2D eigenvalue weighted by atomic mass is 10.2. The van der Waals surface area contributed by atoms with Crippen LogP contribution in [0.15, 0.2) is 52.4 Å². The molecule has 4 nitrogen and oxygen atoms in total. The molecular weight excluding hydrogens is 398 g/mol. The van der Waals surface area contributed by atoms with Crippen LogP contribution in [0.25, 0.3) is 10.6 Å². The normalized spacial score (nSPS) is 10.5. The first-order valence-corrected chi connectivity index (χ1v) is 8.77. The zero-order valence-corrected chi connectivity index (χ0v) is 15.0. The van der Waals surface area contributed by atoms with E-state index < -0.39 is 0 Å². The van der Waals surface area contributed by atoms with Gasteiger partial charge in [-0.2, -0.15) is 0 Å². The van der Waals surface area contributed by atoms with Crippen LogP contribution in [0.1, 0.15) is 5.69 Å². The number of benzene rings is 1. The number of anilines is 1. The Kier molecular flexibility index (Phi) is 5.05. The molecular formula is C16H11BrClN3OS. The smallest absolute Gasteiger partial charge is 0.231 e. The van der Waals surface area contributed by atoms with Crippen LogP contribution in [0, 0.1) is 0 Å². The van der Waals surface area contributed by atoms with E-state index in [1.165, 1.54) is 11.3 Å². The Morgan fingerprint density at radius 3 is 2.83 bits per heavy atom. The van der Waals surface area contributed by atoms with Crippen molar-refractivity contribution in [3.05, 3.63) is 63.2 Å². The number of carbonyl (C=O) groups is 1. The third-order valence-corrected chi connectivity index (χ3v) is 4.72. The SMILES string of the molecule is O=C(Cc1csc(-c2ccccc2Cl)n1)Nc1ccc(Br)cn1. The van der Waals surface area contributed by atoms with Gasteiger partial charge in [0.2, 0.25) is 5.91 Å². The van der Waals surface area contributed by atoms with Crippen molar-refractivity contribution in [2.45, 2.75) is 6.42 Å². The van der Waals surface area contributed by atoms with E-state index in [2.05, 4.69) is 31.2 Å². The molecule has 0 fully saturated rings. The minimum absolute atomic E-state index is 0.157. The zero-order chi connectivity index (χ0) is 16.2. The van der Waals surface area contributed by atoms with Crippen molar-refractivity contribution in [1.82, 2.24) is 9.97 Å². The van der Waals surface area contributed by atoms with Crippen molar-refractivity contribution < 1.29 is 4.79 Å². The minimum Gasteiger partial charge on any atom is -0.310 e. The van der Waals surface area contributed by atoms with E-state index in [0.717, 1.165) is 15.0 Å². The van der Waals surface area contributed by atoms with Gasteiger partial charge in [-0.05, 0) is 34.1 Å². The van der Waals surface area contributed by atoms with Gasteiger partial charge in [-0.1, -0.05) is 29.8 Å². The molecule has 1 aromatic carbocycles. The summed E-state index contributed by atoms with van der Waals surface area (Å²) in [5, 5.41) is 6.07. The number of nitrogens with zero attached hydrogens (tertiary/aromatic N) is 2. The molecule has 0 aliphatic heterocycles.